The Bertz CT molecular complexity index is 635. The van der Waals surface area contributed by atoms with Crippen LogP contribution < -0.4 is 5.32 Å². The number of hydrogen-bond acceptors (Lipinski definition) is 2. The van der Waals surface area contributed by atoms with Gasteiger partial charge in [0.05, 0.1) is 0 Å². The van der Waals surface area contributed by atoms with Gasteiger partial charge in [0.1, 0.15) is 16.1 Å². The highest BCUT2D eigenvalue weighted by Crippen LogP contribution is 2.14. The van der Waals surface area contributed by atoms with Crippen LogP contribution in [-0.4, -0.2) is 10.9 Å². The Morgan fingerprint density at radius 3 is 2.55 bits per heavy atom. The van der Waals surface area contributed by atoms with Gasteiger partial charge in [-0.3, -0.25) is 4.79 Å². The third kappa shape index (κ3) is 3.42. The molecule has 2 aromatic rings. The van der Waals surface area contributed by atoms with E-state index in [-0.39, 0.29) is 11.7 Å². The van der Waals surface area contributed by atoms with E-state index in [0.717, 1.165) is 5.56 Å². The van der Waals surface area contributed by atoms with E-state index < -0.39 is 0 Å². The second-order valence-corrected chi connectivity index (χ2v) is 5.38. The predicted molar refractivity (Wildman–Crippen MR) is 79.0 cm³/mol. The summed E-state index contributed by atoms with van der Waals surface area (Å²) in [4.78, 5) is 16.0. The van der Waals surface area contributed by atoms with E-state index in [1.807, 2.05) is 0 Å². The van der Waals surface area contributed by atoms with Crippen molar-refractivity contribution in [2.24, 2.45) is 0 Å². The van der Waals surface area contributed by atoms with Crippen LogP contribution in [0.25, 0.3) is 0 Å². The number of pyridine rings is 1. The second kappa shape index (κ2) is 6.13. The fraction of sp³-hybridized carbons (Fsp3) is 0.200. The molecule has 1 aromatic carbocycles. The van der Waals surface area contributed by atoms with Crippen molar-refractivity contribution in [3.63, 3.8) is 0 Å². The Morgan fingerprint density at radius 1 is 1.30 bits per heavy atom. The molecular weight excluding hydrogens is 323 g/mol. The molecule has 0 bridgehead atoms. The standard InChI is InChI=1S/C15H14BrFN2O/c1-9-6-11(7-10(2)14(9)17)8-18-15(20)12-4-3-5-13(16)19-12/h3-7H,8H2,1-2H3,(H,18,20). The van der Waals surface area contributed by atoms with Gasteiger partial charge in [-0.1, -0.05) is 18.2 Å². The van der Waals surface area contributed by atoms with Crippen molar-refractivity contribution in [1.29, 1.82) is 0 Å². The van der Waals surface area contributed by atoms with Gasteiger partial charge in [-0.05, 0) is 58.6 Å². The first-order chi connectivity index (χ1) is 9.47. The molecule has 0 aliphatic carbocycles. The maximum absolute atomic E-state index is 13.5. The lowest BCUT2D eigenvalue weighted by molar-refractivity contribution is 0.0945. The lowest BCUT2D eigenvalue weighted by atomic mass is 10.1. The number of amides is 1. The summed E-state index contributed by atoms with van der Waals surface area (Å²) in [6.45, 7) is 3.77. The molecule has 1 aromatic heterocycles. The van der Waals surface area contributed by atoms with Gasteiger partial charge in [-0.25, -0.2) is 9.37 Å². The van der Waals surface area contributed by atoms with E-state index in [2.05, 4.69) is 26.2 Å². The van der Waals surface area contributed by atoms with Gasteiger partial charge in [0.25, 0.3) is 5.91 Å². The molecule has 104 valence electrons. The van der Waals surface area contributed by atoms with Gasteiger partial charge in [-0.15, -0.1) is 0 Å². The quantitative estimate of drug-likeness (QED) is 0.871. The summed E-state index contributed by atoms with van der Waals surface area (Å²) < 4.78 is 14.1. The smallest absolute Gasteiger partial charge is 0.270 e. The van der Waals surface area contributed by atoms with Crippen LogP contribution in [0.2, 0.25) is 0 Å². The molecule has 0 saturated carbocycles. The van der Waals surface area contributed by atoms with Crippen LogP contribution in [0, 0.1) is 19.7 Å². The van der Waals surface area contributed by atoms with E-state index in [0.29, 0.717) is 28.0 Å². The zero-order chi connectivity index (χ0) is 14.7. The molecule has 3 nitrogen and oxygen atoms in total. The largest absolute Gasteiger partial charge is 0.347 e. The molecule has 0 aliphatic heterocycles. The molecule has 0 fully saturated rings. The van der Waals surface area contributed by atoms with Crippen molar-refractivity contribution in [3.05, 3.63) is 63.1 Å². The lowest BCUT2D eigenvalue weighted by Gasteiger charge is -2.08. The summed E-state index contributed by atoms with van der Waals surface area (Å²) >= 11 is 3.22. The summed E-state index contributed by atoms with van der Waals surface area (Å²) in [6.07, 6.45) is 0. The first kappa shape index (κ1) is 14.7. The Hall–Kier alpha value is -1.75. The summed E-state index contributed by atoms with van der Waals surface area (Å²) in [7, 11) is 0. The minimum Gasteiger partial charge on any atom is -0.347 e. The normalized spacial score (nSPS) is 10.4. The van der Waals surface area contributed by atoms with Crippen molar-refractivity contribution in [2.45, 2.75) is 20.4 Å². The summed E-state index contributed by atoms with van der Waals surface area (Å²) in [5, 5.41) is 2.77. The number of aryl methyl sites for hydroxylation is 2. The second-order valence-electron chi connectivity index (χ2n) is 4.57. The maximum Gasteiger partial charge on any atom is 0.270 e. The fourth-order valence-corrected chi connectivity index (χ4v) is 2.29. The molecular formula is C15H14BrFN2O. The van der Waals surface area contributed by atoms with E-state index >= 15 is 0 Å². The average molecular weight is 337 g/mol. The van der Waals surface area contributed by atoms with Crippen molar-refractivity contribution in [2.75, 3.05) is 0 Å². The molecule has 0 atom stereocenters. The van der Waals surface area contributed by atoms with Crippen molar-refractivity contribution in [3.8, 4) is 0 Å². The highest BCUT2D eigenvalue weighted by molar-refractivity contribution is 9.10. The number of nitrogens with zero attached hydrogens (tertiary/aromatic N) is 1. The highest BCUT2D eigenvalue weighted by Gasteiger charge is 2.09. The minimum absolute atomic E-state index is 0.200. The van der Waals surface area contributed by atoms with Crippen LogP contribution in [0.4, 0.5) is 4.39 Å². The molecule has 20 heavy (non-hydrogen) atoms. The van der Waals surface area contributed by atoms with Gasteiger partial charge in [0.2, 0.25) is 0 Å². The number of carbonyl (C=O) groups is 1. The predicted octanol–water partition coefficient (Wildman–Crippen LogP) is 3.53. The zero-order valence-corrected chi connectivity index (χ0v) is 12.8. The monoisotopic (exact) mass is 336 g/mol. The highest BCUT2D eigenvalue weighted by atomic mass is 79.9. The molecule has 0 saturated heterocycles. The molecule has 0 spiro atoms. The lowest BCUT2D eigenvalue weighted by Crippen LogP contribution is -2.24. The molecule has 1 heterocycles. The third-order valence-electron chi connectivity index (χ3n) is 2.90. The number of aromatic nitrogens is 1. The third-order valence-corrected chi connectivity index (χ3v) is 3.34. The number of nitrogens with one attached hydrogen (secondary N) is 1. The van der Waals surface area contributed by atoms with Crippen LogP contribution in [-0.2, 0) is 6.54 Å². The Morgan fingerprint density at radius 2 is 1.95 bits per heavy atom. The van der Waals surface area contributed by atoms with E-state index in [1.165, 1.54) is 0 Å². The van der Waals surface area contributed by atoms with Crippen LogP contribution in [0.1, 0.15) is 27.2 Å². The van der Waals surface area contributed by atoms with Crippen molar-refractivity contribution < 1.29 is 9.18 Å². The average Bonchev–Trinajstić information content (AvgIpc) is 2.42. The van der Waals surface area contributed by atoms with Crippen molar-refractivity contribution >= 4 is 21.8 Å². The molecule has 2 rings (SSSR count). The molecule has 5 heteroatoms. The van der Waals surface area contributed by atoms with Gasteiger partial charge < -0.3 is 5.32 Å². The van der Waals surface area contributed by atoms with Gasteiger partial charge in [0, 0.05) is 6.54 Å². The van der Waals surface area contributed by atoms with E-state index in [4.69, 9.17) is 0 Å². The molecule has 0 radical (unpaired) electrons. The Labute approximate surface area is 125 Å². The topological polar surface area (TPSA) is 42.0 Å². The van der Waals surface area contributed by atoms with Crippen LogP contribution in [0.5, 0.6) is 0 Å². The summed E-state index contributed by atoms with van der Waals surface area (Å²) in [5.41, 5.74) is 2.37. The summed E-state index contributed by atoms with van der Waals surface area (Å²) in [6, 6.07) is 8.61. The van der Waals surface area contributed by atoms with Crippen molar-refractivity contribution in [1.82, 2.24) is 10.3 Å². The summed E-state index contributed by atoms with van der Waals surface area (Å²) in [5.74, 6) is -0.459. The first-order valence-electron chi connectivity index (χ1n) is 6.14. The first-order valence-corrected chi connectivity index (χ1v) is 6.93. The number of rotatable bonds is 3. The van der Waals surface area contributed by atoms with E-state index in [1.54, 1.807) is 44.2 Å². The fourth-order valence-electron chi connectivity index (χ4n) is 1.95. The molecule has 1 amide bonds. The number of hydrogen-bond donors (Lipinski definition) is 1. The Kier molecular flexibility index (Phi) is 4.49. The van der Waals surface area contributed by atoms with Gasteiger partial charge in [-0.2, -0.15) is 0 Å². The number of carbonyl (C=O) groups excluding carboxylic acids is 1. The van der Waals surface area contributed by atoms with E-state index in [9.17, 15) is 9.18 Å². The van der Waals surface area contributed by atoms with Crippen LogP contribution in [0.3, 0.4) is 0 Å². The van der Waals surface area contributed by atoms with Gasteiger partial charge in [0.15, 0.2) is 0 Å². The van der Waals surface area contributed by atoms with Crippen LogP contribution in [0.15, 0.2) is 34.9 Å². The molecule has 0 aliphatic rings. The maximum atomic E-state index is 13.5. The molecule has 0 unspecified atom stereocenters. The van der Waals surface area contributed by atoms with Crippen LogP contribution >= 0.6 is 15.9 Å². The number of benzene rings is 1. The SMILES string of the molecule is Cc1cc(CNC(=O)c2cccc(Br)n2)cc(C)c1F. The zero-order valence-electron chi connectivity index (χ0n) is 11.2. The Balaban J connectivity index is 2.07. The van der Waals surface area contributed by atoms with Gasteiger partial charge >= 0.3 is 0 Å². The molecule has 1 N–H and O–H groups in total. The minimum atomic E-state index is -0.258. The number of halogens is 2.